The molecule has 2 aromatic carbocycles. The van der Waals surface area contributed by atoms with E-state index in [1.54, 1.807) is 18.3 Å². The van der Waals surface area contributed by atoms with Gasteiger partial charge in [-0.25, -0.2) is 0 Å². The van der Waals surface area contributed by atoms with Crippen molar-refractivity contribution in [1.82, 2.24) is 0 Å². The second kappa shape index (κ2) is 7.85. The zero-order valence-corrected chi connectivity index (χ0v) is 13.0. The average Bonchev–Trinajstić information content (AvgIpc) is 2.60. The van der Waals surface area contributed by atoms with E-state index in [4.69, 9.17) is 9.47 Å². The lowest BCUT2D eigenvalue weighted by Crippen LogP contribution is -1.98. The van der Waals surface area contributed by atoms with Gasteiger partial charge in [-0.1, -0.05) is 18.2 Å². The van der Waals surface area contributed by atoms with Crippen LogP contribution in [0.15, 0.2) is 54.2 Å². The van der Waals surface area contributed by atoms with Crippen LogP contribution in [0.2, 0.25) is 0 Å². The molecule has 0 amide bonds. The van der Waals surface area contributed by atoms with Crippen molar-refractivity contribution in [3.8, 4) is 17.6 Å². The minimum atomic E-state index is -0.552. The third kappa shape index (κ3) is 4.24. The third-order valence-electron chi connectivity index (χ3n) is 3.23. The fourth-order valence-corrected chi connectivity index (χ4v) is 2.07. The van der Waals surface area contributed by atoms with Gasteiger partial charge in [0.2, 0.25) is 5.82 Å². The Hall–Kier alpha value is -3.00. The van der Waals surface area contributed by atoms with E-state index in [9.17, 15) is 9.65 Å². The number of anilines is 1. The van der Waals surface area contributed by atoms with Gasteiger partial charge in [0.15, 0.2) is 11.5 Å². The molecule has 0 bridgehead atoms. The monoisotopic (exact) mass is 312 g/mol. The van der Waals surface area contributed by atoms with Crippen molar-refractivity contribution in [3.63, 3.8) is 0 Å². The molecule has 0 atom stereocenters. The molecule has 0 aliphatic rings. The molecule has 0 spiro atoms. The number of methoxy groups -OCH3 is 2. The highest BCUT2D eigenvalue weighted by molar-refractivity contribution is 5.48. The van der Waals surface area contributed by atoms with Crippen LogP contribution in [0.4, 0.5) is 10.1 Å². The van der Waals surface area contributed by atoms with E-state index in [0.717, 1.165) is 11.3 Å². The lowest BCUT2D eigenvalue weighted by molar-refractivity contribution is 0.350. The average molecular weight is 312 g/mol. The van der Waals surface area contributed by atoms with Crippen molar-refractivity contribution in [2.45, 2.75) is 6.42 Å². The van der Waals surface area contributed by atoms with Gasteiger partial charge < -0.3 is 14.8 Å². The zero-order valence-electron chi connectivity index (χ0n) is 13.0. The predicted octanol–water partition coefficient (Wildman–Crippen LogP) is 3.90. The number of ether oxygens (including phenoxy) is 2. The molecule has 0 heterocycles. The first-order valence-corrected chi connectivity index (χ1v) is 6.99. The summed E-state index contributed by atoms with van der Waals surface area (Å²) in [6.45, 7) is 0. The summed E-state index contributed by atoms with van der Waals surface area (Å²) in [5.41, 5.74) is 2.11. The summed E-state index contributed by atoms with van der Waals surface area (Å²) in [5.74, 6) is -0.371. The molecule has 0 unspecified atom stereocenters. The molecule has 0 aliphatic carbocycles. The molecule has 0 aliphatic heterocycles. The van der Waals surface area contributed by atoms with E-state index in [-0.39, 0.29) is 11.5 Å². The Morgan fingerprint density at radius 1 is 1.17 bits per heavy atom. The van der Waals surface area contributed by atoms with E-state index in [1.807, 2.05) is 30.3 Å². The molecule has 2 aromatic rings. The minimum absolute atomic E-state index is 0.0904. The molecule has 0 fully saturated rings. The van der Waals surface area contributed by atoms with Crippen molar-refractivity contribution in [2.24, 2.45) is 0 Å². The largest absolute Gasteiger partial charge is 0.494 e. The number of para-hydroxylation sites is 1. The lowest BCUT2D eigenvalue weighted by Gasteiger charge is -2.10. The number of rotatable bonds is 6. The Bertz CT molecular complexity index is 711. The van der Waals surface area contributed by atoms with Crippen molar-refractivity contribution in [2.75, 3.05) is 19.5 Å². The molecule has 0 saturated heterocycles. The summed E-state index contributed by atoms with van der Waals surface area (Å²) >= 11 is 0. The highest BCUT2D eigenvalue weighted by Crippen LogP contribution is 2.29. The fourth-order valence-electron chi connectivity index (χ4n) is 2.07. The topological polar surface area (TPSA) is 54.3 Å². The molecule has 4 nitrogen and oxygen atoms in total. The zero-order chi connectivity index (χ0) is 16.7. The number of halogens is 1. The number of nitriles is 1. The van der Waals surface area contributed by atoms with Crippen LogP contribution in [0, 0.1) is 17.1 Å². The fraction of sp³-hybridized carbons (Fsp3) is 0.167. The van der Waals surface area contributed by atoms with Gasteiger partial charge in [0.1, 0.15) is 0 Å². The van der Waals surface area contributed by atoms with Crippen molar-refractivity contribution < 1.29 is 13.9 Å². The van der Waals surface area contributed by atoms with Crippen LogP contribution >= 0.6 is 0 Å². The van der Waals surface area contributed by atoms with Crippen molar-refractivity contribution in [1.29, 1.82) is 5.26 Å². The Labute approximate surface area is 134 Å². The number of allylic oxidation sites excluding steroid dienone is 1. The molecule has 23 heavy (non-hydrogen) atoms. The van der Waals surface area contributed by atoms with E-state index < -0.39 is 5.82 Å². The molecule has 2 rings (SSSR count). The maximum Gasteiger partial charge on any atom is 0.206 e. The molecule has 0 saturated carbocycles. The lowest BCUT2D eigenvalue weighted by atomic mass is 10.1. The van der Waals surface area contributed by atoms with Crippen LogP contribution in [0.1, 0.15) is 5.56 Å². The number of hydrogen-bond acceptors (Lipinski definition) is 4. The third-order valence-corrected chi connectivity index (χ3v) is 3.23. The van der Waals surface area contributed by atoms with Gasteiger partial charge in [0.05, 0.1) is 20.3 Å². The Kier molecular flexibility index (Phi) is 5.59. The summed E-state index contributed by atoms with van der Waals surface area (Å²) in [6.07, 6.45) is 1.97. The number of hydrogen-bond donors (Lipinski definition) is 1. The molecular formula is C18H17FN2O2. The SMILES string of the molecule is COc1cc(C/C(C#N)=C/Nc2ccccc2)cc(OC)c1F. The van der Waals surface area contributed by atoms with Crippen molar-refractivity contribution >= 4 is 5.69 Å². The maximum atomic E-state index is 13.9. The van der Waals surface area contributed by atoms with E-state index >= 15 is 0 Å². The van der Waals surface area contributed by atoms with Crippen LogP contribution < -0.4 is 14.8 Å². The van der Waals surface area contributed by atoms with Gasteiger partial charge in [-0.05, 0) is 29.8 Å². The standard InChI is InChI=1S/C18H17FN2O2/c1-22-16-9-13(10-17(23-2)18(16)19)8-14(11-20)12-21-15-6-4-3-5-7-15/h3-7,9-10,12,21H,8H2,1-2H3/b14-12-. The normalized spacial score (nSPS) is 10.8. The van der Waals surface area contributed by atoms with Gasteiger partial charge in [-0.15, -0.1) is 0 Å². The summed E-state index contributed by atoms with van der Waals surface area (Å²) < 4.78 is 23.9. The summed E-state index contributed by atoms with van der Waals surface area (Å²) in [7, 11) is 2.78. The van der Waals surface area contributed by atoms with Crippen LogP contribution in [0.25, 0.3) is 0 Å². The highest BCUT2D eigenvalue weighted by atomic mass is 19.1. The second-order valence-corrected chi connectivity index (χ2v) is 4.78. The van der Waals surface area contributed by atoms with Gasteiger partial charge in [0.25, 0.3) is 0 Å². The van der Waals surface area contributed by atoms with Gasteiger partial charge >= 0.3 is 0 Å². The highest BCUT2D eigenvalue weighted by Gasteiger charge is 2.12. The van der Waals surface area contributed by atoms with Crippen LogP contribution in [0.3, 0.4) is 0 Å². The summed E-state index contributed by atoms with van der Waals surface area (Å²) in [5, 5.41) is 12.3. The minimum Gasteiger partial charge on any atom is -0.494 e. The number of benzene rings is 2. The smallest absolute Gasteiger partial charge is 0.206 e. The maximum absolute atomic E-state index is 13.9. The van der Waals surface area contributed by atoms with Gasteiger partial charge in [0, 0.05) is 23.9 Å². The van der Waals surface area contributed by atoms with Crippen LogP contribution in [-0.2, 0) is 6.42 Å². The Balaban J connectivity index is 2.20. The van der Waals surface area contributed by atoms with Gasteiger partial charge in [-0.2, -0.15) is 9.65 Å². The van der Waals surface area contributed by atoms with E-state index in [1.165, 1.54) is 14.2 Å². The summed E-state index contributed by atoms with van der Waals surface area (Å²) in [6, 6.07) is 14.8. The van der Waals surface area contributed by atoms with E-state index in [0.29, 0.717) is 12.0 Å². The Morgan fingerprint density at radius 2 is 1.78 bits per heavy atom. The van der Waals surface area contributed by atoms with Crippen LogP contribution in [-0.4, -0.2) is 14.2 Å². The first-order chi connectivity index (χ1) is 11.2. The van der Waals surface area contributed by atoms with E-state index in [2.05, 4.69) is 11.4 Å². The van der Waals surface area contributed by atoms with Crippen molar-refractivity contribution in [3.05, 3.63) is 65.6 Å². The van der Waals surface area contributed by atoms with Crippen LogP contribution in [0.5, 0.6) is 11.5 Å². The molecule has 5 heteroatoms. The Morgan fingerprint density at radius 3 is 2.30 bits per heavy atom. The predicted molar refractivity (Wildman–Crippen MR) is 87.0 cm³/mol. The molecule has 0 radical (unpaired) electrons. The first kappa shape index (κ1) is 16.4. The molecule has 0 aromatic heterocycles. The molecule has 1 N–H and O–H groups in total. The van der Waals surface area contributed by atoms with Gasteiger partial charge in [-0.3, -0.25) is 0 Å². The quantitative estimate of drug-likeness (QED) is 0.822. The number of nitrogens with one attached hydrogen (secondary N) is 1. The first-order valence-electron chi connectivity index (χ1n) is 6.99. The molecular weight excluding hydrogens is 295 g/mol. The number of nitrogens with zero attached hydrogens (tertiary/aromatic N) is 1. The summed E-state index contributed by atoms with van der Waals surface area (Å²) in [4.78, 5) is 0. The second-order valence-electron chi connectivity index (χ2n) is 4.78. The molecule has 118 valence electrons.